The number of hydrogen-bond acceptors (Lipinski definition) is 3. The lowest BCUT2D eigenvalue weighted by Gasteiger charge is -2.05. The summed E-state index contributed by atoms with van der Waals surface area (Å²) in [5, 5.41) is 4.27. The molecule has 0 atom stereocenters. The Labute approximate surface area is 130 Å². The SMILES string of the molecule is Cc1nn(CCCCc2ccccc2)c(C)c1S(=O)(=O)Cl. The molecule has 0 radical (unpaired) electrons. The van der Waals surface area contributed by atoms with Crippen LogP contribution in [0.1, 0.15) is 29.8 Å². The van der Waals surface area contributed by atoms with Crippen LogP contribution >= 0.6 is 10.7 Å². The number of hydrogen-bond donors (Lipinski definition) is 0. The summed E-state index contributed by atoms with van der Waals surface area (Å²) < 4.78 is 24.8. The highest BCUT2D eigenvalue weighted by Crippen LogP contribution is 2.23. The maximum Gasteiger partial charge on any atom is 0.264 e. The van der Waals surface area contributed by atoms with Gasteiger partial charge in [0.15, 0.2) is 0 Å². The Balaban J connectivity index is 1.96. The number of benzene rings is 1. The topological polar surface area (TPSA) is 52.0 Å². The van der Waals surface area contributed by atoms with Gasteiger partial charge in [-0.2, -0.15) is 5.10 Å². The lowest BCUT2D eigenvalue weighted by molar-refractivity contribution is 0.542. The zero-order chi connectivity index (χ0) is 15.5. The Hall–Kier alpha value is -1.33. The predicted molar refractivity (Wildman–Crippen MR) is 84.1 cm³/mol. The number of rotatable bonds is 6. The Morgan fingerprint density at radius 3 is 2.38 bits per heavy atom. The van der Waals surface area contributed by atoms with E-state index >= 15 is 0 Å². The van der Waals surface area contributed by atoms with Gasteiger partial charge < -0.3 is 0 Å². The molecular weight excluding hydrogens is 308 g/mol. The zero-order valence-corrected chi connectivity index (χ0v) is 13.8. The molecule has 0 N–H and O–H groups in total. The van der Waals surface area contributed by atoms with Crippen LogP contribution in [0.3, 0.4) is 0 Å². The quantitative estimate of drug-likeness (QED) is 0.603. The van der Waals surface area contributed by atoms with Crippen molar-refractivity contribution in [3.8, 4) is 0 Å². The summed E-state index contributed by atoms with van der Waals surface area (Å²) in [6.07, 6.45) is 2.99. The summed E-state index contributed by atoms with van der Waals surface area (Å²) in [6.45, 7) is 4.11. The molecule has 21 heavy (non-hydrogen) atoms. The second kappa shape index (κ2) is 6.62. The van der Waals surface area contributed by atoms with Gasteiger partial charge >= 0.3 is 0 Å². The number of aryl methyl sites for hydroxylation is 3. The van der Waals surface area contributed by atoms with Gasteiger partial charge in [0, 0.05) is 17.2 Å². The summed E-state index contributed by atoms with van der Waals surface area (Å²) in [7, 11) is 1.71. The van der Waals surface area contributed by atoms with Crippen molar-refractivity contribution in [2.45, 2.75) is 44.6 Å². The lowest BCUT2D eigenvalue weighted by atomic mass is 10.1. The van der Waals surface area contributed by atoms with Gasteiger partial charge in [0.05, 0.1) is 11.4 Å². The van der Waals surface area contributed by atoms with E-state index in [0.29, 0.717) is 17.9 Å². The zero-order valence-electron chi connectivity index (χ0n) is 12.2. The average Bonchev–Trinajstić information content (AvgIpc) is 2.70. The molecule has 0 amide bonds. The maximum atomic E-state index is 11.5. The summed E-state index contributed by atoms with van der Waals surface area (Å²) in [5.74, 6) is 0. The first-order valence-corrected chi connectivity index (χ1v) is 9.23. The molecule has 0 saturated carbocycles. The Bertz CT molecular complexity index is 709. The number of aromatic nitrogens is 2. The Kier molecular flexibility index (Phi) is 5.06. The fourth-order valence-corrected chi connectivity index (χ4v) is 4.01. The van der Waals surface area contributed by atoms with Gasteiger partial charge in [0.25, 0.3) is 9.05 Å². The van der Waals surface area contributed by atoms with E-state index in [1.165, 1.54) is 5.56 Å². The van der Waals surface area contributed by atoms with Gasteiger partial charge in [-0.3, -0.25) is 4.68 Å². The van der Waals surface area contributed by atoms with Crippen LogP contribution in [0.15, 0.2) is 35.2 Å². The predicted octanol–water partition coefficient (Wildman–Crippen LogP) is 3.45. The van der Waals surface area contributed by atoms with E-state index in [1.54, 1.807) is 18.5 Å². The molecule has 1 aromatic heterocycles. The lowest BCUT2D eigenvalue weighted by Crippen LogP contribution is -2.04. The molecule has 0 aliphatic rings. The van der Waals surface area contributed by atoms with Crippen LogP contribution in [0.5, 0.6) is 0 Å². The molecule has 6 heteroatoms. The summed E-state index contributed by atoms with van der Waals surface area (Å²) >= 11 is 0. The van der Waals surface area contributed by atoms with Crippen molar-refractivity contribution in [2.24, 2.45) is 0 Å². The second-order valence-electron chi connectivity index (χ2n) is 5.10. The van der Waals surface area contributed by atoms with E-state index in [9.17, 15) is 8.42 Å². The Morgan fingerprint density at radius 1 is 1.14 bits per heavy atom. The van der Waals surface area contributed by atoms with Crippen molar-refractivity contribution in [1.82, 2.24) is 9.78 Å². The third kappa shape index (κ3) is 4.08. The van der Waals surface area contributed by atoms with Crippen molar-refractivity contribution in [2.75, 3.05) is 0 Å². The highest BCUT2D eigenvalue weighted by atomic mass is 35.7. The van der Waals surface area contributed by atoms with Gasteiger partial charge in [-0.25, -0.2) is 8.42 Å². The van der Waals surface area contributed by atoms with Crippen LogP contribution in [0.4, 0.5) is 0 Å². The summed E-state index contributed by atoms with van der Waals surface area (Å²) in [4.78, 5) is 0.146. The molecule has 114 valence electrons. The first-order valence-electron chi connectivity index (χ1n) is 6.92. The first-order chi connectivity index (χ1) is 9.89. The Morgan fingerprint density at radius 2 is 1.81 bits per heavy atom. The fraction of sp³-hybridized carbons (Fsp3) is 0.400. The highest BCUT2D eigenvalue weighted by Gasteiger charge is 2.22. The van der Waals surface area contributed by atoms with E-state index in [4.69, 9.17) is 10.7 Å². The third-order valence-corrected chi connectivity index (χ3v) is 5.03. The molecule has 0 unspecified atom stereocenters. The summed E-state index contributed by atoms with van der Waals surface area (Å²) in [6, 6.07) is 10.3. The number of unbranched alkanes of at least 4 members (excludes halogenated alkanes) is 1. The maximum absolute atomic E-state index is 11.5. The van der Waals surface area contributed by atoms with Crippen molar-refractivity contribution in [1.29, 1.82) is 0 Å². The molecule has 0 saturated heterocycles. The van der Waals surface area contributed by atoms with Crippen LogP contribution in [0.25, 0.3) is 0 Å². The molecule has 0 spiro atoms. The minimum Gasteiger partial charge on any atom is -0.268 e. The van der Waals surface area contributed by atoms with Gasteiger partial charge in [-0.1, -0.05) is 30.3 Å². The molecular formula is C15H19ClN2O2S. The summed E-state index contributed by atoms with van der Waals surface area (Å²) in [5.41, 5.74) is 2.39. The van der Waals surface area contributed by atoms with Gasteiger partial charge in [-0.05, 0) is 38.7 Å². The van der Waals surface area contributed by atoms with Crippen molar-refractivity contribution >= 4 is 19.7 Å². The van der Waals surface area contributed by atoms with E-state index < -0.39 is 9.05 Å². The molecule has 1 heterocycles. The standard InChI is InChI=1S/C15H19ClN2O2S/c1-12-15(21(16,19)20)13(2)18(17-12)11-7-6-10-14-8-4-3-5-9-14/h3-5,8-9H,6-7,10-11H2,1-2H3. The van der Waals surface area contributed by atoms with E-state index in [2.05, 4.69) is 17.2 Å². The van der Waals surface area contributed by atoms with Crippen LogP contribution in [0.2, 0.25) is 0 Å². The largest absolute Gasteiger partial charge is 0.268 e. The van der Waals surface area contributed by atoms with Crippen molar-refractivity contribution in [3.05, 3.63) is 47.3 Å². The van der Waals surface area contributed by atoms with Crippen molar-refractivity contribution < 1.29 is 8.42 Å². The van der Waals surface area contributed by atoms with Crippen molar-refractivity contribution in [3.63, 3.8) is 0 Å². The van der Waals surface area contributed by atoms with Gasteiger partial charge in [-0.15, -0.1) is 0 Å². The fourth-order valence-electron chi connectivity index (χ4n) is 2.49. The molecule has 2 rings (SSSR count). The second-order valence-corrected chi connectivity index (χ2v) is 7.61. The monoisotopic (exact) mass is 326 g/mol. The molecule has 0 aliphatic heterocycles. The van der Waals surface area contributed by atoms with Gasteiger partial charge in [0.2, 0.25) is 0 Å². The molecule has 0 fully saturated rings. The minimum atomic E-state index is -3.73. The van der Waals surface area contributed by atoms with Crippen LogP contribution < -0.4 is 0 Å². The normalized spacial score (nSPS) is 11.8. The van der Waals surface area contributed by atoms with Crippen LogP contribution in [-0.2, 0) is 22.0 Å². The molecule has 0 aliphatic carbocycles. The molecule has 4 nitrogen and oxygen atoms in total. The highest BCUT2D eigenvalue weighted by molar-refractivity contribution is 8.13. The van der Waals surface area contributed by atoms with Crippen LogP contribution in [0, 0.1) is 13.8 Å². The number of halogens is 1. The van der Waals surface area contributed by atoms with E-state index in [-0.39, 0.29) is 4.90 Å². The molecule has 1 aromatic carbocycles. The first kappa shape index (κ1) is 16.0. The van der Waals surface area contributed by atoms with Gasteiger partial charge in [0.1, 0.15) is 4.90 Å². The van der Waals surface area contributed by atoms with Crippen LogP contribution in [-0.4, -0.2) is 18.2 Å². The smallest absolute Gasteiger partial charge is 0.264 e. The van der Waals surface area contributed by atoms with E-state index in [0.717, 1.165) is 19.3 Å². The molecule has 2 aromatic rings. The number of nitrogens with zero attached hydrogens (tertiary/aromatic N) is 2. The minimum absolute atomic E-state index is 0.146. The van der Waals surface area contributed by atoms with E-state index in [1.807, 2.05) is 18.2 Å². The molecule has 0 bridgehead atoms. The average molecular weight is 327 g/mol. The third-order valence-electron chi connectivity index (χ3n) is 3.49.